The van der Waals surface area contributed by atoms with Crippen molar-refractivity contribution in [2.75, 3.05) is 30.4 Å². The molecule has 1 aliphatic rings. The van der Waals surface area contributed by atoms with Crippen LogP contribution in [-0.2, 0) is 15.7 Å². The smallest absolute Gasteiger partial charge is 0.399 e. The van der Waals surface area contributed by atoms with Crippen LogP contribution >= 0.6 is 0 Å². The predicted molar refractivity (Wildman–Crippen MR) is 67.0 cm³/mol. The molecule has 0 aliphatic carbocycles. The van der Waals surface area contributed by atoms with Gasteiger partial charge in [-0.05, 0) is 18.2 Å². The molecule has 0 aromatic heterocycles. The molecule has 8 heteroatoms. The Bertz CT molecular complexity index is 519. The van der Waals surface area contributed by atoms with Crippen molar-refractivity contribution in [2.24, 2.45) is 5.73 Å². The lowest BCUT2D eigenvalue weighted by Crippen LogP contribution is -2.53. The second kappa shape index (κ2) is 5.20. The van der Waals surface area contributed by atoms with E-state index in [0.29, 0.717) is 0 Å². The summed E-state index contributed by atoms with van der Waals surface area (Å²) in [6, 6.07) is 2.54. The van der Waals surface area contributed by atoms with Gasteiger partial charge in [0.15, 0.2) is 0 Å². The van der Waals surface area contributed by atoms with Crippen molar-refractivity contribution in [2.45, 2.75) is 12.2 Å². The first-order chi connectivity index (χ1) is 9.30. The molecule has 110 valence electrons. The number of amides is 1. The molecule has 2 rings (SSSR count). The van der Waals surface area contributed by atoms with Crippen LogP contribution < -0.4 is 16.4 Å². The minimum Gasteiger partial charge on any atom is -0.399 e. The molecule has 1 atom stereocenters. The van der Waals surface area contributed by atoms with Gasteiger partial charge in [0.2, 0.25) is 5.91 Å². The summed E-state index contributed by atoms with van der Waals surface area (Å²) < 4.78 is 44.3. The summed E-state index contributed by atoms with van der Waals surface area (Å²) in [5.74, 6) is -0.727. The molecule has 1 amide bonds. The van der Waals surface area contributed by atoms with Crippen LogP contribution in [0.5, 0.6) is 0 Å². The SMILES string of the molecule is NC(=O)C1COCCN1c1ccc(N)cc1C(F)(F)F. The van der Waals surface area contributed by atoms with Crippen LogP contribution in [0.3, 0.4) is 0 Å². The van der Waals surface area contributed by atoms with Crippen molar-refractivity contribution in [1.29, 1.82) is 0 Å². The summed E-state index contributed by atoms with van der Waals surface area (Å²) in [5.41, 5.74) is 9.64. The molecular formula is C12H14F3N3O2. The summed E-state index contributed by atoms with van der Waals surface area (Å²) in [6.45, 7) is 0.350. The number of carbonyl (C=O) groups is 1. The molecule has 4 N–H and O–H groups in total. The number of ether oxygens (including phenoxy) is 1. The summed E-state index contributed by atoms with van der Waals surface area (Å²) in [5, 5.41) is 0. The lowest BCUT2D eigenvalue weighted by molar-refractivity contribution is -0.137. The van der Waals surface area contributed by atoms with Crippen LogP contribution in [0.25, 0.3) is 0 Å². The van der Waals surface area contributed by atoms with Crippen molar-refractivity contribution >= 4 is 17.3 Å². The van der Waals surface area contributed by atoms with E-state index < -0.39 is 23.7 Å². The maximum absolute atomic E-state index is 13.1. The van der Waals surface area contributed by atoms with Crippen LogP contribution in [0.4, 0.5) is 24.5 Å². The van der Waals surface area contributed by atoms with Crippen molar-refractivity contribution in [3.8, 4) is 0 Å². The van der Waals surface area contributed by atoms with E-state index in [9.17, 15) is 18.0 Å². The number of nitrogen functional groups attached to an aromatic ring is 1. The van der Waals surface area contributed by atoms with Crippen molar-refractivity contribution < 1.29 is 22.7 Å². The van der Waals surface area contributed by atoms with Gasteiger partial charge in [0.05, 0.1) is 18.8 Å². The molecule has 1 fully saturated rings. The average Bonchev–Trinajstić information content (AvgIpc) is 2.37. The van der Waals surface area contributed by atoms with E-state index >= 15 is 0 Å². The minimum absolute atomic E-state index is 0.00459. The number of primary amides is 1. The van der Waals surface area contributed by atoms with E-state index in [1.165, 1.54) is 17.0 Å². The molecule has 20 heavy (non-hydrogen) atoms. The number of halogens is 3. The molecule has 1 heterocycles. The zero-order chi connectivity index (χ0) is 14.9. The van der Waals surface area contributed by atoms with E-state index in [1.54, 1.807) is 0 Å². The van der Waals surface area contributed by atoms with E-state index in [2.05, 4.69) is 0 Å². The normalized spacial score (nSPS) is 19.9. The standard InChI is InChI=1S/C12H14F3N3O2/c13-12(14,15)8-5-7(16)1-2-9(8)18-3-4-20-6-10(18)11(17)19/h1-2,5,10H,3-4,6,16H2,(H2,17,19). The summed E-state index contributed by atoms with van der Waals surface area (Å²) >= 11 is 0. The Labute approximate surface area is 113 Å². The fourth-order valence-corrected chi connectivity index (χ4v) is 2.16. The second-order valence-corrected chi connectivity index (χ2v) is 4.46. The average molecular weight is 289 g/mol. The zero-order valence-corrected chi connectivity index (χ0v) is 10.5. The molecule has 5 nitrogen and oxygen atoms in total. The number of nitrogens with zero attached hydrogens (tertiary/aromatic N) is 1. The quantitative estimate of drug-likeness (QED) is 0.795. The highest BCUT2D eigenvalue weighted by atomic mass is 19.4. The summed E-state index contributed by atoms with van der Waals surface area (Å²) in [7, 11) is 0. The Hall–Kier alpha value is -1.96. The van der Waals surface area contributed by atoms with Gasteiger partial charge in [-0.1, -0.05) is 0 Å². The number of hydrogen-bond acceptors (Lipinski definition) is 4. The topological polar surface area (TPSA) is 81.6 Å². The lowest BCUT2D eigenvalue weighted by Gasteiger charge is -2.36. The van der Waals surface area contributed by atoms with E-state index in [4.69, 9.17) is 16.2 Å². The zero-order valence-electron chi connectivity index (χ0n) is 10.5. The van der Waals surface area contributed by atoms with Gasteiger partial charge in [-0.15, -0.1) is 0 Å². The molecule has 0 radical (unpaired) electrons. The van der Waals surface area contributed by atoms with Crippen molar-refractivity contribution in [3.63, 3.8) is 0 Å². The summed E-state index contributed by atoms with van der Waals surface area (Å²) in [6.07, 6.45) is -4.56. The van der Waals surface area contributed by atoms with Crippen LogP contribution in [0.15, 0.2) is 18.2 Å². The first kappa shape index (κ1) is 14.4. The maximum Gasteiger partial charge on any atom is 0.418 e. The third kappa shape index (κ3) is 2.79. The van der Waals surface area contributed by atoms with E-state index in [-0.39, 0.29) is 31.1 Å². The molecule has 0 saturated carbocycles. The van der Waals surface area contributed by atoms with E-state index in [1.807, 2.05) is 0 Å². The Morgan fingerprint density at radius 3 is 2.70 bits per heavy atom. The fraction of sp³-hybridized carbons (Fsp3) is 0.417. The highest BCUT2D eigenvalue weighted by molar-refractivity contribution is 5.84. The highest BCUT2D eigenvalue weighted by Crippen LogP contribution is 2.38. The lowest BCUT2D eigenvalue weighted by atomic mass is 10.1. The minimum atomic E-state index is -4.56. The molecular weight excluding hydrogens is 275 g/mol. The third-order valence-electron chi connectivity index (χ3n) is 3.09. The van der Waals surface area contributed by atoms with Gasteiger partial charge in [0.1, 0.15) is 6.04 Å². The van der Waals surface area contributed by atoms with Crippen molar-refractivity contribution in [3.05, 3.63) is 23.8 Å². The fourth-order valence-electron chi connectivity index (χ4n) is 2.16. The highest BCUT2D eigenvalue weighted by Gasteiger charge is 2.38. The van der Waals surface area contributed by atoms with Gasteiger partial charge in [0, 0.05) is 17.9 Å². The Kier molecular flexibility index (Phi) is 3.76. The first-order valence-corrected chi connectivity index (χ1v) is 5.91. The monoisotopic (exact) mass is 289 g/mol. The van der Waals surface area contributed by atoms with Gasteiger partial charge >= 0.3 is 6.18 Å². The Balaban J connectivity index is 2.47. The Morgan fingerprint density at radius 2 is 2.10 bits per heavy atom. The molecule has 1 aromatic carbocycles. The number of morpholine rings is 1. The van der Waals surface area contributed by atoms with Crippen LogP contribution in [0, 0.1) is 0 Å². The van der Waals surface area contributed by atoms with Gasteiger partial charge in [-0.25, -0.2) is 0 Å². The van der Waals surface area contributed by atoms with Gasteiger partial charge < -0.3 is 21.1 Å². The van der Waals surface area contributed by atoms with Crippen LogP contribution in [0.1, 0.15) is 5.56 Å². The molecule has 0 spiro atoms. The van der Waals surface area contributed by atoms with Gasteiger partial charge in [-0.2, -0.15) is 13.2 Å². The van der Waals surface area contributed by atoms with Crippen LogP contribution in [-0.4, -0.2) is 31.7 Å². The van der Waals surface area contributed by atoms with Gasteiger partial charge in [-0.3, -0.25) is 4.79 Å². The predicted octanol–water partition coefficient (Wildman–Crippen LogP) is 0.978. The molecule has 1 saturated heterocycles. The second-order valence-electron chi connectivity index (χ2n) is 4.46. The van der Waals surface area contributed by atoms with Crippen LogP contribution in [0.2, 0.25) is 0 Å². The largest absolute Gasteiger partial charge is 0.418 e. The van der Waals surface area contributed by atoms with E-state index in [0.717, 1.165) is 6.07 Å². The third-order valence-corrected chi connectivity index (χ3v) is 3.09. The van der Waals surface area contributed by atoms with Gasteiger partial charge in [0.25, 0.3) is 0 Å². The number of rotatable bonds is 2. The molecule has 1 unspecified atom stereocenters. The number of benzene rings is 1. The number of anilines is 2. The number of alkyl halides is 3. The van der Waals surface area contributed by atoms with Crippen molar-refractivity contribution in [1.82, 2.24) is 0 Å². The molecule has 0 bridgehead atoms. The maximum atomic E-state index is 13.1. The number of carbonyl (C=O) groups excluding carboxylic acids is 1. The molecule has 1 aliphatic heterocycles. The molecule has 1 aromatic rings. The first-order valence-electron chi connectivity index (χ1n) is 5.91. The Morgan fingerprint density at radius 1 is 1.40 bits per heavy atom. The number of nitrogens with two attached hydrogens (primary N) is 2. The summed E-state index contributed by atoms with van der Waals surface area (Å²) in [4.78, 5) is 12.7. The number of hydrogen-bond donors (Lipinski definition) is 2.